The van der Waals surface area contributed by atoms with Crippen LogP contribution >= 0.6 is 0 Å². The van der Waals surface area contributed by atoms with E-state index in [-0.39, 0.29) is 0 Å². The minimum absolute atomic E-state index is 0.358. The molecule has 1 aromatic rings. The number of hydrogen-bond acceptors (Lipinski definition) is 2. The van der Waals surface area contributed by atoms with Crippen molar-refractivity contribution in [3.8, 4) is 0 Å². The van der Waals surface area contributed by atoms with Gasteiger partial charge in [-0.3, -0.25) is 0 Å². The van der Waals surface area contributed by atoms with Crippen molar-refractivity contribution in [3.05, 3.63) is 29.3 Å². The van der Waals surface area contributed by atoms with E-state index in [1.54, 1.807) is 6.07 Å². The first-order chi connectivity index (χ1) is 7.65. The highest BCUT2D eigenvalue weighted by Crippen LogP contribution is 2.17. The Labute approximate surface area is 96.5 Å². The number of carboxylic acid groups (broad SMARTS) is 1. The molecule has 0 aliphatic rings. The monoisotopic (exact) mass is 221 g/mol. The summed E-state index contributed by atoms with van der Waals surface area (Å²) in [6.45, 7) is 4.87. The molecule has 88 valence electrons. The van der Waals surface area contributed by atoms with Gasteiger partial charge < -0.3 is 10.4 Å². The average Bonchev–Trinajstić information content (AvgIpc) is 2.26. The molecule has 0 saturated carbocycles. The third kappa shape index (κ3) is 3.57. The van der Waals surface area contributed by atoms with E-state index in [9.17, 15) is 4.79 Å². The van der Waals surface area contributed by atoms with Crippen molar-refractivity contribution in [2.75, 3.05) is 11.9 Å². The molecule has 3 heteroatoms. The van der Waals surface area contributed by atoms with Crippen molar-refractivity contribution in [1.82, 2.24) is 0 Å². The van der Waals surface area contributed by atoms with Crippen LogP contribution in [0.5, 0.6) is 0 Å². The summed E-state index contributed by atoms with van der Waals surface area (Å²) >= 11 is 0. The third-order valence-electron chi connectivity index (χ3n) is 2.50. The minimum atomic E-state index is -0.873. The van der Waals surface area contributed by atoms with Gasteiger partial charge in [-0.2, -0.15) is 0 Å². The molecule has 0 atom stereocenters. The zero-order valence-corrected chi connectivity index (χ0v) is 9.92. The molecule has 0 unspecified atom stereocenters. The van der Waals surface area contributed by atoms with Crippen LogP contribution in [0.4, 0.5) is 5.69 Å². The second kappa shape index (κ2) is 6.16. The molecule has 3 nitrogen and oxygen atoms in total. The lowest BCUT2D eigenvalue weighted by Gasteiger charge is -2.09. The van der Waals surface area contributed by atoms with Gasteiger partial charge >= 0.3 is 5.97 Å². The number of carbonyl (C=O) groups is 1. The molecule has 2 N–H and O–H groups in total. The SMILES string of the molecule is CCCCCNc1ccc(C)cc1C(=O)O. The molecular weight excluding hydrogens is 202 g/mol. The van der Waals surface area contributed by atoms with Crippen LogP contribution in [-0.2, 0) is 0 Å². The Hall–Kier alpha value is -1.51. The maximum Gasteiger partial charge on any atom is 0.337 e. The van der Waals surface area contributed by atoms with Gasteiger partial charge in [-0.15, -0.1) is 0 Å². The summed E-state index contributed by atoms with van der Waals surface area (Å²) in [5.41, 5.74) is 2.04. The van der Waals surface area contributed by atoms with Gasteiger partial charge in [0.2, 0.25) is 0 Å². The van der Waals surface area contributed by atoms with E-state index in [4.69, 9.17) is 5.11 Å². The van der Waals surface area contributed by atoms with E-state index in [0.717, 1.165) is 18.5 Å². The van der Waals surface area contributed by atoms with Gasteiger partial charge in [-0.05, 0) is 25.5 Å². The van der Waals surface area contributed by atoms with Gasteiger partial charge in [0.15, 0.2) is 0 Å². The number of aryl methyl sites for hydroxylation is 1. The van der Waals surface area contributed by atoms with E-state index in [1.807, 2.05) is 19.1 Å². The Bertz CT molecular complexity index is 361. The molecule has 0 radical (unpaired) electrons. The van der Waals surface area contributed by atoms with Gasteiger partial charge in [-0.1, -0.05) is 31.4 Å². The first kappa shape index (κ1) is 12.6. The summed E-state index contributed by atoms with van der Waals surface area (Å²) in [4.78, 5) is 11.0. The van der Waals surface area contributed by atoms with Gasteiger partial charge in [0.1, 0.15) is 0 Å². The van der Waals surface area contributed by atoms with Crippen LogP contribution in [0.25, 0.3) is 0 Å². The van der Waals surface area contributed by atoms with E-state index in [2.05, 4.69) is 12.2 Å². The lowest BCUT2D eigenvalue weighted by atomic mass is 10.1. The van der Waals surface area contributed by atoms with Crippen LogP contribution in [0, 0.1) is 6.92 Å². The fourth-order valence-corrected chi connectivity index (χ4v) is 1.59. The standard InChI is InChI=1S/C13H19NO2/c1-3-4-5-8-14-12-7-6-10(2)9-11(12)13(15)16/h6-7,9,14H,3-5,8H2,1-2H3,(H,15,16). The molecule has 0 spiro atoms. The van der Waals surface area contributed by atoms with Crippen molar-refractivity contribution < 1.29 is 9.90 Å². The topological polar surface area (TPSA) is 49.3 Å². The molecule has 0 aliphatic carbocycles. The van der Waals surface area contributed by atoms with Crippen LogP contribution in [0.3, 0.4) is 0 Å². The summed E-state index contributed by atoms with van der Waals surface area (Å²) in [6, 6.07) is 5.46. The molecule has 1 rings (SSSR count). The van der Waals surface area contributed by atoms with Crippen molar-refractivity contribution >= 4 is 11.7 Å². The first-order valence-electron chi connectivity index (χ1n) is 5.73. The Balaban J connectivity index is 2.67. The number of unbranched alkanes of at least 4 members (excludes halogenated alkanes) is 2. The minimum Gasteiger partial charge on any atom is -0.478 e. The normalized spacial score (nSPS) is 10.1. The Morgan fingerprint density at radius 1 is 1.38 bits per heavy atom. The van der Waals surface area contributed by atoms with Crippen molar-refractivity contribution in [2.24, 2.45) is 0 Å². The van der Waals surface area contributed by atoms with Gasteiger partial charge in [0.05, 0.1) is 5.56 Å². The molecule has 0 fully saturated rings. The Morgan fingerprint density at radius 2 is 2.12 bits per heavy atom. The lowest BCUT2D eigenvalue weighted by molar-refractivity contribution is 0.0698. The zero-order chi connectivity index (χ0) is 12.0. The summed E-state index contributed by atoms with van der Waals surface area (Å²) in [7, 11) is 0. The molecule has 0 saturated heterocycles. The quantitative estimate of drug-likeness (QED) is 0.725. The number of anilines is 1. The fourth-order valence-electron chi connectivity index (χ4n) is 1.59. The summed E-state index contributed by atoms with van der Waals surface area (Å²) in [6.07, 6.45) is 3.41. The largest absolute Gasteiger partial charge is 0.478 e. The van der Waals surface area contributed by atoms with Crippen molar-refractivity contribution in [2.45, 2.75) is 33.1 Å². The molecule has 0 aromatic heterocycles. The molecule has 0 bridgehead atoms. The maximum atomic E-state index is 11.0. The predicted octanol–water partition coefficient (Wildman–Crippen LogP) is 3.30. The number of carboxylic acids is 1. The van der Waals surface area contributed by atoms with E-state index in [1.165, 1.54) is 12.8 Å². The van der Waals surface area contributed by atoms with Gasteiger partial charge in [0.25, 0.3) is 0 Å². The van der Waals surface area contributed by atoms with Crippen LogP contribution in [0.15, 0.2) is 18.2 Å². The van der Waals surface area contributed by atoms with E-state index >= 15 is 0 Å². The Morgan fingerprint density at radius 3 is 2.75 bits per heavy atom. The molecule has 0 heterocycles. The highest BCUT2D eigenvalue weighted by molar-refractivity contribution is 5.94. The number of nitrogens with one attached hydrogen (secondary N) is 1. The van der Waals surface area contributed by atoms with Gasteiger partial charge in [-0.25, -0.2) is 4.79 Å². The summed E-state index contributed by atoms with van der Waals surface area (Å²) in [5, 5.41) is 12.2. The summed E-state index contributed by atoms with van der Waals surface area (Å²) < 4.78 is 0. The third-order valence-corrected chi connectivity index (χ3v) is 2.50. The van der Waals surface area contributed by atoms with Crippen LogP contribution < -0.4 is 5.32 Å². The van der Waals surface area contributed by atoms with Crippen molar-refractivity contribution in [1.29, 1.82) is 0 Å². The van der Waals surface area contributed by atoms with Crippen LogP contribution in [0.1, 0.15) is 42.1 Å². The first-order valence-corrected chi connectivity index (χ1v) is 5.73. The predicted molar refractivity (Wildman–Crippen MR) is 66.2 cm³/mol. The Kier molecular flexibility index (Phi) is 4.83. The summed E-state index contributed by atoms with van der Waals surface area (Å²) in [5.74, 6) is -0.873. The zero-order valence-electron chi connectivity index (χ0n) is 9.92. The molecule has 16 heavy (non-hydrogen) atoms. The number of hydrogen-bond donors (Lipinski definition) is 2. The fraction of sp³-hybridized carbons (Fsp3) is 0.462. The molecule has 1 aromatic carbocycles. The van der Waals surface area contributed by atoms with E-state index < -0.39 is 5.97 Å². The lowest BCUT2D eigenvalue weighted by Crippen LogP contribution is -2.07. The number of rotatable bonds is 6. The van der Waals surface area contributed by atoms with Gasteiger partial charge in [0, 0.05) is 12.2 Å². The highest BCUT2D eigenvalue weighted by atomic mass is 16.4. The smallest absolute Gasteiger partial charge is 0.337 e. The second-order valence-electron chi connectivity index (χ2n) is 3.99. The molecule has 0 amide bonds. The maximum absolute atomic E-state index is 11.0. The number of benzene rings is 1. The molecule has 0 aliphatic heterocycles. The molecular formula is C13H19NO2. The highest BCUT2D eigenvalue weighted by Gasteiger charge is 2.09. The van der Waals surface area contributed by atoms with Crippen LogP contribution in [-0.4, -0.2) is 17.6 Å². The van der Waals surface area contributed by atoms with Crippen LogP contribution in [0.2, 0.25) is 0 Å². The van der Waals surface area contributed by atoms with Crippen molar-refractivity contribution in [3.63, 3.8) is 0 Å². The second-order valence-corrected chi connectivity index (χ2v) is 3.99. The number of aromatic carboxylic acids is 1. The van der Waals surface area contributed by atoms with E-state index in [0.29, 0.717) is 11.3 Å². The average molecular weight is 221 g/mol.